The van der Waals surface area contributed by atoms with Crippen molar-refractivity contribution >= 4 is 49.1 Å². The summed E-state index contributed by atoms with van der Waals surface area (Å²) >= 11 is 0. The third kappa shape index (κ3) is 4.47. The van der Waals surface area contributed by atoms with Crippen LogP contribution in [0.3, 0.4) is 0 Å². The maximum Gasteiger partial charge on any atom is 0.303 e. The van der Waals surface area contributed by atoms with Crippen LogP contribution < -0.4 is 0 Å². The zero-order chi connectivity index (χ0) is 38.1. The van der Waals surface area contributed by atoms with Crippen molar-refractivity contribution in [1.29, 1.82) is 0 Å². The normalized spacial score (nSPS) is 15.5. The lowest BCUT2D eigenvalue weighted by atomic mass is 9.73. The minimum absolute atomic E-state index is 0.0356. The molecule has 1 atom stereocenters. The summed E-state index contributed by atoms with van der Waals surface area (Å²) in [4.78, 5) is 12.3. The van der Waals surface area contributed by atoms with E-state index in [0.29, 0.717) is 6.42 Å². The Balaban J connectivity index is 1.08. The molecule has 9 aromatic carbocycles. The second kappa shape index (κ2) is 11.5. The van der Waals surface area contributed by atoms with Gasteiger partial charge in [0.2, 0.25) is 0 Å². The lowest BCUT2D eigenvalue weighted by Gasteiger charge is -2.29. The van der Waals surface area contributed by atoms with Crippen LogP contribution in [-0.4, -0.2) is 11.1 Å². The molecule has 0 saturated carbocycles. The first-order valence-electron chi connectivity index (χ1n) is 19.7. The molecule has 56 heavy (non-hydrogen) atoms. The predicted octanol–water partition coefficient (Wildman–Crippen LogP) is 14.3. The highest BCUT2D eigenvalue weighted by Crippen LogP contribution is 2.55. The first-order valence-corrected chi connectivity index (χ1v) is 19.7. The number of fused-ring (bicyclic) bond motifs is 6. The summed E-state index contributed by atoms with van der Waals surface area (Å²) in [7, 11) is 0. The molecule has 0 spiro atoms. The van der Waals surface area contributed by atoms with Gasteiger partial charge in [0.15, 0.2) is 0 Å². The number of benzene rings is 9. The van der Waals surface area contributed by atoms with Gasteiger partial charge >= 0.3 is 5.97 Å². The van der Waals surface area contributed by atoms with Crippen LogP contribution in [0.5, 0.6) is 0 Å². The maximum absolute atomic E-state index is 12.3. The van der Waals surface area contributed by atoms with E-state index in [1.54, 1.807) is 0 Å². The SMILES string of the molecule is C=CC1(CCC(=O)O)c2cc(-c3ccc4c5c(cccc35)-c3ccccc3-4)ccc2-c2ccc(-c3ccc4ccc5cc(C(C)(C)C)cc6ccc3c4c56)cc21. The van der Waals surface area contributed by atoms with Gasteiger partial charge in [0.1, 0.15) is 0 Å². The molecule has 0 fully saturated rings. The highest BCUT2D eigenvalue weighted by Gasteiger charge is 2.42. The second-order valence-corrected chi connectivity index (χ2v) is 17.0. The van der Waals surface area contributed by atoms with Crippen LogP contribution in [-0.2, 0) is 15.6 Å². The van der Waals surface area contributed by atoms with Crippen molar-refractivity contribution in [3.8, 4) is 55.6 Å². The number of carboxylic acids is 1. The van der Waals surface area contributed by atoms with Gasteiger partial charge in [0.05, 0.1) is 0 Å². The van der Waals surface area contributed by atoms with E-state index in [0.717, 1.165) is 33.4 Å². The molecule has 0 radical (unpaired) electrons. The summed E-state index contributed by atoms with van der Waals surface area (Å²) in [5, 5.41) is 20.2. The molecule has 1 unspecified atom stereocenters. The highest BCUT2D eigenvalue weighted by molar-refractivity contribution is 6.26. The Labute approximate surface area is 326 Å². The van der Waals surface area contributed by atoms with E-state index in [1.165, 1.54) is 82.0 Å². The van der Waals surface area contributed by atoms with Gasteiger partial charge in [-0.3, -0.25) is 4.79 Å². The minimum atomic E-state index is -0.804. The van der Waals surface area contributed by atoms with Crippen LogP contribution in [0.1, 0.15) is 50.3 Å². The van der Waals surface area contributed by atoms with Gasteiger partial charge in [-0.25, -0.2) is 0 Å². The van der Waals surface area contributed by atoms with E-state index in [-0.39, 0.29) is 11.8 Å². The van der Waals surface area contributed by atoms with E-state index in [2.05, 4.69) is 167 Å². The average Bonchev–Trinajstić information content (AvgIpc) is 3.69. The molecule has 0 heterocycles. The van der Waals surface area contributed by atoms with Crippen molar-refractivity contribution in [2.45, 2.75) is 44.4 Å². The number of hydrogen-bond acceptors (Lipinski definition) is 1. The number of hydrogen-bond donors (Lipinski definition) is 1. The van der Waals surface area contributed by atoms with Crippen LogP contribution in [0.2, 0.25) is 0 Å². The third-order valence-electron chi connectivity index (χ3n) is 13.0. The second-order valence-electron chi connectivity index (χ2n) is 17.0. The van der Waals surface area contributed by atoms with E-state index >= 15 is 0 Å². The molecule has 9 aromatic rings. The lowest BCUT2D eigenvalue weighted by molar-refractivity contribution is -0.137. The van der Waals surface area contributed by atoms with Gasteiger partial charge in [0, 0.05) is 11.8 Å². The minimum Gasteiger partial charge on any atom is -0.481 e. The van der Waals surface area contributed by atoms with E-state index in [9.17, 15) is 9.90 Å². The van der Waals surface area contributed by atoms with Gasteiger partial charge in [-0.1, -0.05) is 154 Å². The van der Waals surface area contributed by atoms with E-state index in [1.807, 2.05) is 6.08 Å². The monoisotopic (exact) mass is 720 g/mol. The third-order valence-corrected chi connectivity index (χ3v) is 13.0. The van der Waals surface area contributed by atoms with Gasteiger partial charge in [0.25, 0.3) is 0 Å². The molecule has 0 aromatic heterocycles. The summed E-state index contributed by atoms with van der Waals surface area (Å²) in [5.74, 6) is -0.804. The largest absolute Gasteiger partial charge is 0.481 e. The van der Waals surface area contributed by atoms with Crippen molar-refractivity contribution in [3.63, 3.8) is 0 Å². The van der Waals surface area contributed by atoms with Gasteiger partial charge in [-0.15, -0.1) is 6.58 Å². The van der Waals surface area contributed by atoms with Crippen molar-refractivity contribution in [3.05, 3.63) is 169 Å². The van der Waals surface area contributed by atoms with Crippen molar-refractivity contribution in [1.82, 2.24) is 0 Å². The smallest absolute Gasteiger partial charge is 0.303 e. The van der Waals surface area contributed by atoms with E-state index < -0.39 is 11.4 Å². The van der Waals surface area contributed by atoms with Crippen LogP contribution in [0.4, 0.5) is 0 Å². The maximum atomic E-state index is 12.3. The topological polar surface area (TPSA) is 37.3 Å². The Morgan fingerprint density at radius 2 is 1.07 bits per heavy atom. The highest BCUT2D eigenvalue weighted by atomic mass is 16.4. The van der Waals surface area contributed by atoms with Crippen LogP contribution in [0.15, 0.2) is 152 Å². The molecule has 0 saturated heterocycles. The fourth-order valence-electron chi connectivity index (χ4n) is 10.2. The number of carboxylic acid groups (broad SMARTS) is 1. The number of carbonyl (C=O) groups is 1. The van der Waals surface area contributed by atoms with E-state index in [4.69, 9.17) is 0 Å². The fraction of sp³-hybridized carbons (Fsp3) is 0.130. The quantitative estimate of drug-likeness (QED) is 0.137. The van der Waals surface area contributed by atoms with Crippen molar-refractivity contribution in [2.24, 2.45) is 0 Å². The number of aliphatic carboxylic acids is 1. The van der Waals surface area contributed by atoms with Crippen molar-refractivity contribution in [2.75, 3.05) is 0 Å². The molecule has 2 heteroatoms. The summed E-state index contributed by atoms with van der Waals surface area (Å²) in [6.07, 6.45) is 2.47. The Hall–Kier alpha value is -6.51. The molecule has 0 amide bonds. The molecule has 1 N–H and O–H groups in total. The van der Waals surface area contributed by atoms with Gasteiger partial charge in [-0.05, 0) is 139 Å². The lowest BCUT2D eigenvalue weighted by Crippen LogP contribution is -2.23. The Bertz CT molecular complexity index is 3130. The predicted molar refractivity (Wildman–Crippen MR) is 235 cm³/mol. The van der Waals surface area contributed by atoms with Crippen LogP contribution >= 0.6 is 0 Å². The molecule has 2 nitrogen and oxygen atoms in total. The standard InChI is InChI=1S/C54H40O2/c1-5-54(26-25-49(55)56)47-29-32(37-19-15-31-13-14-34-27-36(53(2,3)4)28-35-18-22-45(37)51(31)50(34)35)16-20-41(47)42-21-17-33(30-48(42)54)38-23-24-46-40-10-7-6-9-39(40)44-12-8-11-43(38)52(44)46/h5-24,27-30H,1,25-26H2,2-4H3,(H,55,56). The number of rotatable bonds is 6. The summed E-state index contributed by atoms with van der Waals surface area (Å²) in [6, 6.07) is 51.8. The molecule has 0 aliphatic heterocycles. The van der Waals surface area contributed by atoms with Gasteiger partial charge < -0.3 is 5.11 Å². The molecule has 11 rings (SSSR count). The summed E-state index contributed by atoms with van der Waals surface area (Å²) in [6.45, 7) is 11.3. The molecular formula is C54H40O2. The zero-order valence-electron chi connectivity index (χ0n) is 31.8. The number of allylic oxidation sites excluding steroid dienone is 1. The average molecular weight is 721 g/mol. The molecule has 2 aliphatic carbocycles. The van der Waals surface area contributed by atoms with Crippen LogP contribution in [0, 0.1) is 0 Å². The summed E-state index contributed by atoms with van der Waals surface area (Å²) < 4.78 is 0. The van der Waals surface area contributed by atoms with Crippen molar-refractivity contribution < 1.29 is 9.90 Å². The first-order chi connectivity index (χ1) is 27.1. The molecular weight excluding hydrogens is 681 g/mol. The first kappa shape index (κ1) is 32.9. The molecule has 268 valence electrons. The summed E-state index contributed by atoms with van der Waals surface area (Å²) in [5.41, 5.74) is 15.0. The molecule has 2 aliphatic rings. The fourth-order valence-corrected chi connectivity index (χ4v) is 10.2. The Kier molecular flexibility index (Phi) is 6.76. The zero-order valence-corrected chi connectivity index (χ0v) is 31.8. The van der Waals surface area contributed by atoms with Gasteiger partial charge in [-0.2, -0.15) is 0 Å². The Morgan fingerprint density at radius 1 is 0.554 bits per heavy atom. The van der Waals surface area contributed by atoms with Crippen LogP contribution in [0.25, 0.3) is 98.7 Å². The Morgan fingerprint density at radius 3 is 1.70 bits per heavy atom. The molecule has 0 bridgehead atoms.